The van der Waals surface area contributed by atoms with E-state index in [9.17, 15) is 4.79 Å². The number of carbonyl (C=O) groups excluding carboxylic acids is 1. The number of rotatable bonds is 2. The highest BCUT2D eigenvalue weighted by atomic mass is 16.4. The van der Waals surface area contributed by atoms with Crippen LogP contribution in [0.25, 0.3) is 0 Å². The first-order chi connectivity index (χ1) is 7.16. The van der Waals surface area contributed by atoms with Crippen LogP contribution in [0.4, 0.5) is 0 Å². The molecule has 0 radical (unpaired) electrons. The number of hydrogen-bond acceptors (Lipinski definition) is 3. The van der Waals surface area contributed by atoms with Crippen LogP contribution in [0.3, 0.4) is 0 Å². The van der Waals surface area contributed by atoms with Gasteiger partial charge in [0, 0.05) is 6.42 Å². The largest absolute Gasteiger partial charge is 0.488 e. The van der Waals surface area contributed by atoms with E-state index < -0.39 is 7.12 Å². The Morgan fingerprint density at radius 3 is 2.40 bits per heavy atom. The molecule has 0 unspecified atom stereocenters. The number of amides is 1. The molecule has 1 amide bonds. The molecule has 1 heterocycles. The van der Waals surface area contributed by atoms with Crippen molar-refractivity contribution in [1.29, 1.82) is 0 Å². The Kier molecular flexibility index (Phi) is 2.75. The van der Waals surface area contributed by atoms with E-state index in [0.717, 1.165) is 12.0 Å². The van der Waals surface area contributed by atoms with Crippen molar-refractivity contribution in [2.75, 3.05) is 0 Å². The SMILES string of the molecule is O=C1CC[C@H](c2ccc(B(O)O)cc2)N1. The van der Waals surface area contributed by atoms with Crippen LogP contribution in [0, 0.1) is 0 Å². The van der Waals surface area contributed by atoms with Gasteiger partial charge >= 0.3 is 7.12 Å². The number of nitrogens with one attached hydrogen (secondary N) is 1. The summed E-state index contributed by atoms with van der Waals surface area (Å²) in [4.78, 5) is 11.0. The third kappa shape index (κ3) is 2.19. The summed E-state index contributed by atoms with van der Waals surface area (Å²) in [5, 5.41) is 20.7. The molecule has 4 nitrogen and oxygen atoms in total. The molecule has 1 aromatic rings. The van der Waals surface area contributed by atoms with Crippen LogP contribution in [0.2, 0.25) is 0 Å². The predicted octanol–water partition coefficient (Wildman–Crippen LogP) is -0.683. The van der Waals surface area contributed by atoms with E-state index in [2.05, 4.69) is 5.32 Å². The van der Waals surface area contributed by atoms with Crippen molar-refractivity contribution in [1.82, 2.24) is 5.32 Å². The van der Waals surface area contributed by atoms with Gasteiger partial charge in [-0.3, -0.25) is 4.79 Å². The number of hydrogen-bond donors (Lipinski definition) is 3. The average Bonchev–Trinajstić information content (AvgIpc) is 2.65. The smallest absolute Gasteiger partial charge is 0.423 e. The van der Waals surface area contributed by atoms with Crippen molar-refractivity contribution in [2.45, 2.75) is 18.9 Å². The van der Waals surface area contributed by atoms with Crippen molar-refractivity contribution in [3.8, 4) is 0 Å². The lowest BCUT2D eigenvalue weighted by Crippen LogP contribution is -2.29. The zero-order valence-electron chi connectivity index (χ0n) is 8.18. The normalized spacial score (nSPS) is 20.1. The Balaban J connectivity index is 2.13. The fourth-order valence-corrected chi connectivity index (χ4v) is 1.76. The monoisotopic (exact) mass is 205 g/mol. The maximum absolute atomic E-state index is 11.0. The lowest BCUT2D eigenvalue weighted by Gasteiger charge is -2.10. The van der Waals surface area contributed by atoms with Gasteiger partial charge in [0.2, 0.25) is 5.91 Å². The summed E-state index contributed by atoms with van der Waals surface area (Å²) in [6.07, 6.45) is 1.37. The van der Waals surface area contributed by atoms with Gasteiger partial charge in [0.25, 0.3) is 0 Å². The standard InChI is InChI=1S/C10H12BNO3/c13-10-6-5-9(12-10)7-1-3-8(4-2-7)11(14)15/h1-4,9,14-15H,5-6H2,(H,12,13)/t9-/m1/s1. The third-order valence-corrected chi connectivity index (χ3v) is 2.63. The van der Waals surface area contributed by atoms with Gasteiger partial charge in [0.15, 0.2) is 0 Å². The van der Waals surface area contributed by atoms with E-state index in [1.165, 1.54) is 0 Å². The maximum atomic E-state index is 11.0. The summed E-state index contributed by atoms with van der Waals surface area (Å²) in [5.41, 5.74) is 1.47. The van der Waals surface area contributed by atoms with E-state index >= 15 is 0 Å². The summed E-state index contributed by atoms with van der Waals surface area (Å²) < 4.78 is 0. The van der Waals surface area contributed by atoms with Crippen molar-refractivity contribution in [3.05, 3.63) is 29.8 Å². The third-order valence-electron chi connectivity index (χ3n) is 2.63. The minimum Gasteiger partial charge on any atom is -0.423 e. The summed E-state index contributed by atoms with van der Waals surface area (Å²) in [7, 11) is -1.43. The molecule has 15 heavy (non-hydrogen) atoms. The van der Waals surface area contributed by atoms with Crippen LogP contribution in [0.1, 0.15) is 24.4 Å². The fourth-order valence-electron chi connectivity index (χ4n) is 1.76. The van der Waals surface area contributed by atoms with Crippen molar-refractivity contribution in [2.24, 2.45) is 0 Å². The first-order valence-corrected chi connectivity index (χ1v) is 4.92. The molecular formula is C10H12BNO3. The van der Waals surface area contributed by atoms with Gasteiger partial charge in [0.05, 0.1) is 6.04 Å². The van der Waals surface area contributed by atoms with Gasteiger partial charge in [0.1, 0.15) is 0 Å². The average molecular weight is 205 g/mol. The molecule has 2 rings (SSSR count). The highest BCUT2D eigenvalue weighted by Gasteiger charge is 2.22. The zero-order valence-corrected chi connectivity index (χ0v) is 8.18. The quantitative estimate of drug-likeness (QED) is 0.560. The molecule has 0 bridgehead atoms. The van der Waals surface area contributed by atoms with Crippen molar-refractivity contribution >= 4 is 18.5 Å². The van der Waals surface area contributed by atoms with Crippen LogP contribution < -0.4 is 10.8 Å². The Labute approximate surface area is 88.1 Å². The fraction of sp³-hybridized carbons (Fsp3) is 0.300. The molecule has 5 heteroatoms. The van der Waals surface area contributed by atoms with Gasteiger partial charge in [-0.15, -0.1) is 0 Å². The molecule has 1 saturated heterocycles. The molecule has 1 aromatic carbocycles. The topological polar surface area (TPSA) is 69.6 Å². The highest BCUT2D eigenvalue weighted by Crippen LogP contribution is 2.22. The molecule has 0 spiro atoms. The Morgan fingerprint density at radius 2 is 1.93 bits per heavy atom. The molecule has 0 aromatic heterocycles. The molecule has 0 aliphatic carbocycles. The first kappa shape index (κ1) is 10.2. The lowest BCUT2D eigenvalue weighted by atomic mass is 9.80. The molecule has 0 saturated carbocycles. The van der Waals surface area contributed by atoms with E-state index in [1.807, 2.05) is 12.1 Å². The van der Waals surface area contributed by atoms with Gasteiger partial charge < -0.3 is 15.4 Å². The van der Waals surface area contributed by atoms with E-state index in [0.29, 0.717) is 11.9 Å². The number of carbonyl (C=O) groups is 1. The van der Waals surface area contributed by atoms with Gasteiger partial charge in [-0.1, -0.05) is 24.3 Å². The van der Waals surface area contributed by atoms with Gasteiger partial charge in [-0.2, -0.15) is 0 Å². The van der Waals surface area contributed by atoms with Crippen LogP contribution in [-0.2, 0) is 4.79 Å². The lowest BCUT2D eigenvalue weighted by molar-refractivity contribution is -0.119. The zero-order chi connectivity index (χ0) is 10.8. The number of benzene rings is 1. The minimum absolute atomic E-state index is 0.0717. The molecular weight excluding hydrogens is 193 g/mol. The summed E-state index contributed by atoms with van der Waals surface area (Å²) in [6, 6.07) is 7.01. The van der Waals surface area contributed by atoms with Crippen LogP contribution >= 0.6 is 0 Å². The Morgan fingerprint density at radius 1 is 1.27 bits per heavy atom. The van der Waals surface area contributed by atoms with Crippen LogP contribution in [0.5, 0.6) is 0 Å². The van der Waals surface area contributed by atoms with Crippen molar-refractivity contribution < 1.29 is 14.8 Å². The minimum atomic E-state index is -1.43. The van der Waals surface area contributed by atoms with Crippen molar-refractivity contribution in [3.63, 3.8) is 0 Å². The maximum Gasteiger partial charge on any atom is 0.488 e. The first-order valence-electron chi connectivity index (χ1n) is 4.92. The van der Waals surface area contributed by atoms with E-state index in [-0.39, 0.29) is 11.9 Å². The summed E-state index contributed by atoms with van der Waals surface area (Å²) >= 11 is 0. The molecule has 1 aliphatic rings. The molecule has 1 atom stereocenters. The van der Waals surface area contributed by atoms with E-state index in [4.69, 9.17) is 10.0 Å². The molecule has 3 N–H and O–H groups in total. The molecule has 1 fully saturated rings. The summed E-state index contributed by atoms with van der Waals surface area (Å²) in [5.74, 6) is 0.0752. The van der Waals surface area contributed by atoms with Gasteiger partial charge in [-0.05, 0) is 17.4 Å². The molecule has 1 aliphatic heterocycles. The second kappa shape index (κ2) is 4.04. The van der Waals surface area contributed by atoms with Gasteiger partial charge in [-0.25, -0.2) is 0 Å². The Hall–Kier alpha value is -1.33. The second-order valence-electron chi connectivity index (χ2n) is 3.70. The molecule has 78 valence electrons. The van der Waals surface area contributed by atoms with Crippen LogP contribution in [-0.4, -0.2) is 23.1 Å². The summed E-state index contributed by atoms with van der Waals surface area (Å²) in [6.45, 7) is 0. The van der Waals surface area contributed by atoms with E-state index in [1.54, 1.807) is 12.1 Å². The Bertz CT molecular complexity index is 363. The predicted molar refractivity (Wildman–Crippen MR) is 56.4 cm³/mol. The van der Waals surface area contributed by atoms with Crippen LogP contribution in [0.15, 0.2) is 24.3 Å². The second-order valence-corrected chi connectivity index (χ2v) is 3.70. The highest BCUT2D eigenvalue weighted by molar-refractivity contribution is 6.58.